The van der Waals surface area contributed by atoms with E-state index in [0.29, 0.717) is 17.4 Å². The van der Waals surface area contributed by atoms with E-state index < -0.39 is 23.1 Å². The van der Waals surface area contributed by atoms with Gasteiger partial charge in [-0.1, -0.05) is 17.3 Å². The molecule has 1 aliphatic heterocycles. The molecule has 0 bridgehead atoms. The van der Waals surface area contributed by atoms with Crippen LogP contribution in [-0.2, 0) is 0 Å². The number of hydrogen-bond donors (Lipinski definition) is 0. The Hall–Kier alpha value is -3.16. The second kappa shape index (κ2) is 6.04. The Balaban J connectivity index is 1.46. The summed E-state index contributed by atoms with van der Waals surface area (Å²) in [5.41, 5.74) is 0.0406. The number of hydrogen-bond acceptors (Lipinski definition) is 5. The predicted molar refractivity (Wildman–Crippen MR) is 82.5 cm³/mol. The number of rotatable bonds is 3. The zero-order chi connectivity index (χ0) is 17.4. The van der Waals surface area contributed by atoms with Gasteiger partial charge in [-0.15, -0.1) is 0 Å². The number of carbonyl (C=O) groups is 1. The van der Waals surface area contributed by atoms with E-state index in [1.165, 1.54) is 11.0 Å². The van der Waals surface area contributed by atoms with Gasteiger partial charge in [0.15, 0.2) is 0 Å². The molecule has 0 aliphatic carbocycles. The van der Waals surface area contributed by atoms with Crippen molar-refractivity contribution < 1.29 is 18.1 Å². The average molecular weight is 342 g/mol. The third-order valence-electron chi connectivity index (χ3n) is 4.03. The van der Waals surface area contributed by atoms with Crippen LogP contribution in [0, 0.1) is 11.6 Å². The lowest BCUT2D eigenvalue weighted by Crippen LogP contribution is -2.49. The van der Waals surface area contributed by atoms with Crippen molar-refractivity contribution in [2.24, 2.45) is 0 Å². The minimum atomic E-state index is -0.872. The summed E-state index contributed by atoms with van der Waals surface area (Å²) < 4.78 is 32.6. The molecular weight excluding hydrogens is 330 g/mol. The summed E-state index contributed by atoms with van der Waals surface area (Å²) in [6, 6.07) is 8.69. The van der Waals surface area contributed by atoms with Crippen LogP contribution in [0.2, 0.25) is 0 Å². The molecule has 1 amide bonds. The van der Waals surface area contributed by atoms with Crippen molar-refractivity contribution >= 4 is 5.91 Å². The molecule has 8 heteroatoms. The molecule has 6 nitrogen and oxygen atoms in total. The molecule has 4 rings (SSSR count). The van der Waals surface area contributed by atoms with Crippen LogP contribution in [0.1, 0.15) is 22.2 Å². The van der Waals surface area contributed by atoms with E-state index in [4.69, 9.17) is 4.52 Å². The highest BCUT2D eigenvalue weighted by Gasteiger charge is 2.37. The molecule has 2 aromatic heterocycles. The second-order valence-electron chi connectivity index (χ2n) is 5.67. The first kappa shape index (κ1) is 15.4. The van der Waals surface area contributed by atoms with Crippen molar-refractivity contribution in [1.29, 1.82) is 0 Å². The van der Waals surface area contributed by atoms with Gasteiger partial charge in [-0.2, -0.15) is 4.98 Å². The number of aromatic nitrogens is 3. The molecular formula is C17H12F2N4O2. The molecule has 25 heavy (non-hydrogen) atoms. The molecule has 126 valence electrons. The van der Waals surface area contributed by atoms with Crippen molar-refractivity contribution in [2.45, 2.75) is 5.92 Å². The lowest BCUT2D eigenvalue weighted by Gasteiger charge is -2.37. The first-order valence-corrected chi connectivity index (χ1v) is 7.62. The number of nitrogens with zero attached hydrogens (tertiary/aromatic N) is 4. The molecule has 1 saturated heterocycles. The van der Waals surface area contributed by atoms with Crippen LogP contribution >= 0.6 is 0 Å². The van der Waals surface area contributed by atoms with E-state index >= 15 is 0 Å². The summed E-state index contributed by atoms with van der Waals surface area (Å²) in [7, 11) is 0. The highest BCUT2D eigenvalue weighted by molar-refractivity contribution is 5.95. The van der Waals surface area contributed by atoms with Crippen LogP contribution in [0.15, 0.2) is 47.1 Å². The van der Waals surface area contributed by atoms with Gasteiger partial charge in [0.25, 0.3) is 5.91 Å². The third kappa shape index (κ3) is 2.75. The lowest BCUT2D eigenvalue weighted by atomic mass is 9.98. The Kier molecular flexibility index (Phi) is 3.72. The number of amides is 1. The number of benzene rings is 1. The molecule has 3 aromatic rings. The van der Waals surface area contributed by atoms with E-state index in [1.807, 2.05) is 6.07 Å². The van der Waals surface area contributed by atoms with Crippen LogP contribution < -0.4 is 0 Å². The molecule has 1 aromatic carbocycles. The van der Waals surface area contributed by atoms with Gasteiger partial charge in [0.2, 0.25) is 11.7 Å². The largest absolute Gasteiger partial charge is 0.338 e. The molecule has 0 atom stereocenters. The summed E-state index contributed by atoms with van der Waals surface area (Å²) in [6.07, 6.45) is 1.62. The van der Waals surface area contributed by atoms with Gasteiger partial charge in [0, 0.05) is 19.3 Å². The van der Waals surface area contributed by atoms with Gasteiger partial charge in [0.05, 0.1) is 5.92 Å². The summed E-state index contributed by atoms with van der Waals surface area (Å²) in [5, 5.41) is 3.87. The zero-order valence-electron chi connectivity index (χ0n) is 12.9. The van der Waals surface area contributed by atoms with Gasteiger partial charge in [-0.25, -0.2) is 8.78 Å². The van der Waals surface area contributed by atoms with E-state index in [0.717, 1.165) is 12.1 Å². The van der Waals surface area contributed by atoms with Gasteiger partial charge in [-0.3, -0.25) is 9.78 Å². The molecule has 0 N–H and O–H groups in total. The first-order valence-electron chi connectivity index (χ1n) is 7.62. The molecule has 0 saturated carbocycles. The van der Waals surface area contributed by atoms with Crippen molar-refractivity contribution in [3.63, 3.8) is 0 Å². The standard InChI is InChI=1S/C17H12F2N4O2/c18-11-4-3-5-12(19)14(11)17(24)23-8-10(9-23)16-21-15(22-25-16)13-6-1-2-7-20-13/h1-7,10H,8-9H2. The van der Waals surface area contributed by atoms with Crippen molar-refractivity contribution in [3.8, 4) is 11.5 Å². The predicted octanol–water partition coefficient (Wildman–Crippen LogP) is 2.65. The van der Waals surface area contributed by atoms with Crippen LogP contribution in [0.4, 0.5) is 8.78 Å². The monoisotopic (exact) mass is 342 g/mol. The lowest BCUT2D eigenvalue weighted by molar-refractivity contribution is 0.0559. The SMILES string of the molecule is O=C(c1c(F)cccc1F)N1CC(c2nc(-c3ccccn3)no2)C1. The summed E-state index contributed by atoms with van der Waals surface area (Å²) in [5.74, 6) is -1.85. The molecule has 1 fully saturated rings. The van der Waals surface area contributed by atoms with Gasteiger partial charge < -0.3 is 9.42 Å². The molecule has 3 heterocycles. The van der Waals surface area contributed by atoms with E-state index in [9.17, 15) is 13.6 Å². The zero-order valence-corrected chi connectivity index (χ0v) is 12.9. The maximum Gasteiger partial charge on any atom is 0.259 e. The number of pyridine rings is 1. The maximum absolute atomic E-state index is 13.7. The van der Waals surface area contributed by atoms with Gasteiger partial charge >= 0.3 is 0 Å². The topological polar surface area (TPSA) is 72.1 Å². The number of likely N-dealkylation sites (tertiary alicyclic amines) is 1. The van der Waals surface area contributed by atoms with Crippen LogP contribution in [-0.4, -0.2) is 39.0 Å². The normalized spacial score (nSPS) is 14.4. The fourth-order valence-electron chi connectivity index (χ4n) is 2.66. The number of carbonyl (C=O) groups excluding carboxylic acids is 1. The van der Waals surface area contributed by atoms with Crippen molar-refractivity contribution in [1.82, 2.24) is 20.0 Å². The van der Waals surface area contributed by atoms with Gasteiger partial charge in [0.1, 0.15) is 22.9 Å². The Labute approximate surface area is 141 Å². The van der Waals surface area contributed by atoms with Crippen LogP contribution in [0.25, 0.3) is 11.5 Å². The molecule has 1 aliphatic rings. The Morgan fingerprint density at radius 1 is 1.12 bits per heavy atom. The fraction of sp³-hybridized carbons (Fsp3) is 0.176. The van der Waals surface area contributed by atoms with Crippen molar-refractivity contribution in [2.75, 3.05) is 13.1 Å². The second-order valence-corrected chi connectivity index (χ2v) is 5.67. The van der Waals surface area contributed by atoms with Crippen molar-refractivity contribution in [3.05, 3.63) is 65.7 Å². The number of halogens is 2. The minimum Gasteiger partial charge on any atom is -0.338 e. The van der Waals surface area contributed by atoms with E-state index in [1.54, 1.807) is 18.3 Å². The molecule has 0 radical (unpaired) electrons. The van der Waals surface area contributed by atoms with Crippen LogP contribution in [0.3, 0.4) is 0 Å². The summed E-state index contributed by atoms with van der Waals surface area (Å²) >= 11 is 0. The van der Waals surface area contributed by atoms with Gasteiger partial charge in [-0.05, 0) is 24.3 Å². The highest BCUT2D eigenvalue weighted by Crippen LogP contribution is 2.29. The highest BCUT2D eigenvalue weighted by atomic mass is 19.1. The quantitative estimate of drug-likeness (QED) is 0.732. The third-order valence-corrected chi connectivity index (χ3v) is 4.03. The smallest absolute Gasteiger partial charge is 0.259 e. The maximum atomic E-state index is 13.7. The summed E-state index contributed by atoms with van der Waals surface area (Å²) in [6.45, 7) is 0.521. The fourth-order valence-corrected chi connectivity index (χ4v) is 2.66. The Morgan fingerprint density at radius 2 is 1.88 bits per heavy atom. The molecule has 0 unspecified atom stereocenters. The minimum absolute atomic E-state index is 0.163. The molecule has 0 spiro atoms. The first-order chi connectivity index (χ1) is 12.1. The van der Waals surface area contributed by atoms with Crippen LogP contribution in [0.5, 0.6) is 0 Å². The Morgan fingerprint density at radius 3 is 2.56 bits per heavy atom. The van der Waals surface area contributed by atoms with E-state index in [-0.39, 0.29) is 19.0 Å². The average Bonchev–Trinajstić information content (AvgIpc) is 3.04. The van der Waals surface area contributed by atoms with E-state index in [2.05, 4.69) is 15.1 Å². The summed E-state index contributed by atoms with van der Waals surface area (Å²) in [4.78, 5) is 22.0. The Bertz CT molecular complexity index is 903.